The molecule has 0 heterocycles. The summed E-state index contributed by atoms with van der Waals surface area (Å²) in [6.07, 6.45) is -1.35. The second-order valence-electron chi connectivity index (χ2n) is 6.50. The van der Waals surface area contributed by atoms with Crippen molar-refractivity contribution in [2.75, 3.05) is 0 Å². The molecule has 2 aromatic carbocycles. The first-order valence-corrected chi connectivity index (χ1v) is 10.4. The predicted molar refractivity (Wildman–Crippen MR) is 118 cm³/mol. The topological polar surface area (TPSA) is 34.1 Å². The van der Waals surface area contributed by atoms with Crippen LogP contribution < -0.4 is 0 Å². The Hall–Kier alpha value is -2.51. The third-order valence-electron chi connectivity index (χ3n) is 3.77. The summed E-state index contributed by atoms with van der Waals surface area (Å²) < 4.78 is 40.3. The van der Waals surface area contributed by atoms with Crippen molar-refractivity contribution in [1.82, 2.24) is 0 Å². The SMILES string of the molecule is C=C(C)C(=O)Sc1ccc(/C=C/c2ccc(SC(=O)C(=C)C)c(C(F)(F)F)c2)cc1. The quantitative estimate of drug-likeness (QED) is 0.264. The Balaban J connectivity index is 2.22. The van der Waals surface area contributed by atoms with Crippen LogP contribution in [0, 0.1) is 0 Å². The molecule has 0 aliphatic heterocycles. The summed E-state index contributed by atoms with van der Waals surface area (Å²) in [5, 5.41) is -0.632. The molecule has 0 aliphatic rings. The van der Waals surface area contributed by atoms with Gasteiger partial charge >= 0.3 is 6.18 Å². The van der Waals surface area contributed by atoms with E-state index in [4.69, 9.17) is 0 Å². The van der Waals surface area contributed by atoms with Gasteiger partial charge in [0.1, 0.15) is 0 Å². The number of rotatable bonds is 6. The van der Waals surface area contributed by atoms with E-state index in [2.05, 4.69) is 13.2 Å². The lowest BCUT2D eigenvalue weighted by atomic mass is 10.1. The molecular weight excluding hydrogens is 429 g/mol. The van der Waals surface area contributed by atoms with E-state index < -0.39 is 16.9 Å². The second kappa shape index (κ2) is 10.00. The molecule has 2 rings (SSSR count). The van der Waals surface area contributed by atoms with Crippen LogP contribution in [0.25, 0.3) is 12.2 Å². The van der Waals surface area contributed by atoms with Gasteiger partial charge in [-0.2, -0.15) is 13.2 Å². The lowest BCUT2D eigenvalue weighted by Gasteiger charge is -2.13. The Labute approximate surface area is 181 Å². The number of hydrogen-bond acceptors (Lipinski definition) is 4. The van der Waals surface area contributed by atoms with Gasteiger partial charge in [-0.05, 0) is 83.9 Å². The molecule has 0 radical (unpaired) electrons. The maximum Gasteiger partial charge on any atom is 0.417 e. The minimum Gasteiger partial charge on any atom is -0.282 e. The molecule has 0 saturated carbocycles. The van der Waals surface area contributed by atoms with Gasteiger partial charge in [0, 0.05) is 9.79 Å². The van der Waals surface area contributed by atoms with E-state index in [0.717, 1.165) is 28.3 Å². The first-order chi connectivity index (χ1) is 14.0. The van der Waals surface area contributed by atoms with E-state index in [-0.39, 0.29) is 15.6 Å². The Morgan fingerprint density at radius 3 is 1.87 bits per heavy atom. The van der Waals surface area contributed by atoms with Crippen molar-refractivity contribution in [3.05, 3.63) is 83.5 Å². The molecule has 0 atom stereocenters. The number of thioether (sulfide) groups is 2. The number of alkyl halides is 3. The molecule has 0 aliphatic carbocycles. The van der Waals surface area contributed by atoms with Crippen molar-refractivity contribution in [3.8, 4) is 0 Å². The van der Waals surface area contributed by atoms with Crippen LogP contribution in [0.1, 0.15) is 30.5 Å². The van der Waals surface area contributed by atoms with E-state index >= 15 is 0 Å². The lowest BCUT2D eigenvalue weighted by Crippen LogP contribution is -2.08. The Morgan fingerprint density at radius 2 is 1.33 bits per heavy atom. The summed E-state index contributed by atoms with van der Waals surface area (Å²) in [5.74, 6) is 0. The minimum atomic E-state index is -4.59. The number of carbonyl (C=O) groups excluding carboxylic acids is 2. The molecule has 0 amide bonds. The number of hydrogen-bond donors (Lipinski definition) is 0. The fraction of sp³-hybridized carbons (Fsp3) is 0.130. The third kappa shape index (κ3) is 6.78. The molecule has 2 nitrogen and oxygen atoms in total. The fourth-order valence-corrected chi connectivity index (χ4v) is 3.64. The van der Waals surface area contributed by atoms with Crippen molar-refractivity contribution >= 4 is 45.9 Å². The standard InChI is InChI=1S/C23H19F3O2S2/c1-14(2)21(27)29-18-10-7-16(8-11-18)5-6-17-9-12-20(30-22(28)15(3)4)19(13-17)23(24,25)26/h5-13H,1,3H2,2,4H3/b6-5+. The minimum absolute atomic E-state index is 0.124. The van der Waals surface area contributed by atoms with Crippen LogP contribution >= 0.6 is 23.5 Å². The average molecular weight is 449 g/mol. The molecule has 0 N–H and O–H groups in total. The zero-order chi connectivity index (χ0) is 22.5. The molecule has 30 heavy (non-hydrogen) atoms. The summed E-state index contributed by atoms with van der Waals surface area (Å²) >= 11 is 1.58. The van der Waals surface area contributed by atoms with Crippen molar-refractivity contribution in [3.63, 3.8) is 0 Å². The summed E-state index contributed by atoms with van der Waals surface area (Å²) in [7, 11) is 0. The molecule has 0 aromatic heterocycles. The lowest BCUT2D eigenvalue weighted by molar-refractivity contribution is -0.139. The van der Waals surface area contributed by atoms with Crippen molar-refractivity contribution < 1.29 is 22.8 Å². The molecule has 156 valence electrons. The normalized spacial score (nSPS) is 11.5. The zero-order valence-electron chi connectivity index (χ0n) is 16.4. The molecule has 2 aromatic rings. The van der Waals surface area contributed by atoms with E-state index in [1.165, 1.54) is 19.1 Å². The van der Waals surface area contributed by atoms with Crippen LogP contribution in [-0.2, 0) is 15.8 Å². The largest absolute Gasteiger partial charge is 0.417 e. The second-order valence-corrected chi connectivity index (χ2v) is 8.56. The van der Waals surface area contributed by atoms with E-state index in [1.807, 2.05) is 0 Å². The first-order valence-electron chi connectivity index (χ1n) is 8.72. The van der Waals surface area contributed by atoms with Crippen LogP contribution in [0.15, 0.2) is 76.6 Å². The van der Waals surface area contributed by atoms with Gasteiger partial charge < -0.3 is 0 Å². The van der Waals surface area contributed by atoms with Gasteiger partial charge in [0.2, 0.25) is 10.2 Å². The van der Waals surface area contributed by atoms with Crippen molar-refractivity contribution in [1.29, 1.82) is 0 Å². The fourth-order valence-electron chi connectivity index (χ4n) is 2.18. The van der Waals surface area contributed by atoms with Gasteiger partial charge in [-0.3, -0.25) is 9.59 Å². The highest BCUT2D eigenvalue weighted by Gasteiger charge is 2.34. The Bertz CT molecular complexity index is 1020. The van der Waals surface area contributed by atoms with Gasteiger partial charge in [0.15, 0.2) is 0 Å². The van der Waals surface area contributed by atoms with Gasteiger partial charge in [0.25, 0.3) is 0 Å². The van der Waals surface area contributed by atoms with Crippen LogP contribution in [0.5, 0.6) is 0 Å². The number of benzene rings is 2. The van der Waals surface area contributed by atoms with Crippen LogP contribution in [0.4, 0.5) is 13.2 Å². The van der Waals surface area contributed by atoms with Crippen LogP contribution in [-0.4, -0.2) is 10.2 Å². The number of halogens is 3. The molecule has 0 bridgehead atoms. The highest BCUT2D eigenvalue weighted by atomic mass is 32.2. The van der Waals surface area contributed by atoms with Gasteiger partial charge in [0.05, 0.1) is 5.56 Å². The molecule has 0 spiro atoms. The maximum atomic E-state index is 13.4. The van der Waals surface area contributed by atoms with Gasteiger partial charge in [-0.25, -0.2) is 0 Å². The summed E-state index contributed by atoms with van der Waals surface area (Å²) in [4.78, 5) is 24.1. The molecule has 7 heteroatoms. The van der Waals surface area contributed by atoms with E-state index in [1.54, 1.807) is 43.3 Å². The predicted octanol–water partition coefficient (Wildman–Crippen LogP) is 7.27. The molecule has 0 fully saturated rings. The highest BCUT2D eigenvalue weighted by Crippen LogP contribution is 2.38. The highest BCUT2D eigenvalue weighted by molar-refractivity contribution is 8.14. The van der Waals surface area contributed by atoms with E-state index in [9.17, 15) is 22.8 Å². The van der Waals surface area contributed by atoms with Crippen molar-refractivity contribution in [2.24, 2.45) is 0 Å². The number of carbonyl (C=O) groups is 2. The Morgan fingerprint density at radius 1 is 0.833 bits per heavy atom. The molecule has 0 saturated heterocycles. The summed E-state index contributed by atoms with van der Waals surface area (Å²) in [6, 6.07) is 10.9. The van der Waals surface area contributed by atoms with E-state index in [0.29, 0.717) is 22.9 Å². The monoisotopic (exact) mass is 448 g/mol. The summed E-state index contributed by atoms with van der Waals surface area (Å²) in [5.41, 5.74) is 0.894. The van der Waals surface area contributed by atoms with Crippen molar-refractivity contribution in [2.45, 2.75) is 29.8 Å². The van der Waals surface area contributed by atoms with Gasteiger partial charge in [-0.15, -0.1) is 0 Å². The van der Waals surface area contributed by atoms with Crippen LogP contribution in [0.3, 0.4) is 0 Å². The smallest absolute Gasteiger partial charge is 0.282 e. The van der Waals surface area contributed by atoms with Gasteiger partial charge in [-0.1, -0.05) is 43.5 Å². The molecular formula is C23H19F3O2S2. The zero-order valence-corrected chi connectivity index (χ0v) is 18.0. The maximum absolute atomic E-state index is 13.4. The Kier molecular flexibility index (Phi) is 7.92. The molecule has 0 unspecified atom stereocenters. The third-order valence-corrected chi connectivity index (χ3v) is 5.92. The van der Waals surface area contributed by atoms with Crippen LogP contribution in [0.2, 0.25) is 0 Å². The first kappa shape index (κ1) is 23.8. The average Bonchev–Trinajstić information content (AvgIpc) is 2.67. The summed E-state index contributed by atoms with van der Waals surface area (Å²) in [6.45, 7) is 10.2.